The smallest absolute Gasteiger partial charge is 0.262 e. The van der Waals surface area contributed by atoms with Gasteiger partial charge in [0.05, 0.1) is 11.4 Å². The van der Waals surface area contributed by atoms with E-state index in [1.807, 2.05) is 44.2 Å². The quantitative estimate of drug-likeness (QED) is 0.475. The minimum Gasteiger partial charge on any atom is -0.487 e. The van der Waals surface area contributed by atoms with Crippen LogP contribution in [0, 0.1) is 13.8 Å². The van der Waals surface area contributed by atoms with E-state index in [0.717, 1.165) is 28.1 Å². The van der Waals surface area contributed by atoms with E-state index in [2.05, 4.69) is 10.3 Å². The van der Waals surface area contributed by atoms with Crippen LogP contribution >= 0.6 is 0 Å². The second kappa shape index (κ2) is 8.83. The number of fused-ring (bicyclic) bond motifs is 1. The van der Waals surface area contributed by atoms with Crippen LogP contribution in [0.1, 0.15) is 32.7 Å². The molecule has 2 heterocycles. The number of hydrogen-bond donors (Lipinski definition) is 1. The van der Waals surface area contributed by atoms with Crippen LogP contribution in [-0.2, 0) is 11.4 Å². The second-order valence-electron chi connectivity index (χ2n) is 7.34. The van der Waals surface area contributed by atoms with Crippen molar-refractivity contribution in [1.82, 2.24) is 4.98 Å². The summed E-state index contributed by atoms with van der Waals surface area (Å²) in [5, 5.41) is 2.72. The first-order valence-corrected chi connectivity index (χ1v) is 9.92. The summed E-state index contributed by atoms with van der Waals surface area (Å²) in [4.78, 5) is 28.4. The summed E-state index contributed by atoms with van der Waals surface area (Å²) in [5.41, 5.74) is 4.72. The number of nitrogens with one attached hydrogen (secondary N) is 1. The SMILES string of the molecule is Cc1cc(/C=C/C(=O)c2ccc3c(c2)NC(=O)CO3)cc(C)c1OCc1ccccn1. The molecule has 0 aliphatic carbocycles. The van der Waals surface area contributed by atoms with Crippen molar-refractivity contribution < 1.29 is 19.1 Å². The molecular weight excluding hydrogens is 392 g/mol. The lowest BCUT2D eigenvalue weighted by Gasteiger charge is -2.18. The molecule has 3 aromatic rings. The molecule has 1 aliphatic rings. The van der Waals surface area contributed by atoms with Gasteiger partial charge < -0.3 is 14.8 Å². The number of ketones is 1. The Bertz CT molecular complexity index is 1150. The highest BCUT2D eigenvalue weighted by Gasteiger charge is 2.17. The monoisotopic (exact) mass is 414 g/mol. The average molecular weight is 414 g/mol. The highest BCUT2D eigenvalue weighted by atomic mass is 16.5. The number of nitrogens with zero attached hydrogens (tertiary/aromatic N) is 1. The Morgan fingerprint density at radius 3 is 2.71 bits per heavy atom. The number of anilines is 1. The van der Waals surface area contributed by atoms with Gasteiger partial charge in [0, 0.05) is 11.8 Å². The third-order valence-corrected chi connectivity index (χ3v) is 4.90. The standard InChI is InChI=1S/C25H22N2O4/c1-16-11-18(12-17(2)25(16)31-14-20-5-3-4-10-26-20)6-8-22(28)19-7-9-23-21(13-19)27-24(29)15-30-23/h3-13H,14-15H2,1-2H3,(H,27,29)/b8-6+. The fraction of sp³-hybridized carbons (Fsp3) is 0.160. The van der Waals surface area contributed by atoms with Gasteiger partial charge in [-0.1, -0.05) is 12.1 Å². The number of pyridine rings is 1. The molecule has 0 saturated carbocycles. The minimum absolute atomic E-state index is 0.0134. The molecule has 6 heteroatoms. The molecule has 0 saturated heterocycles. The van der Waals surface area contributed by atoms with Crippen molar-refractivity contribution in [2.45, 2.75) is 20.5 Å². The first-order valence-electron chi connectivity index (χ1n) is 9.92. The lowest BCUT2D eigenvalue weighted by atomic mass is 10.0. The highest BCUT2D eigenvalue weighted by Crippen LogP contribution is 2.29. The minimum atomic E-state index is -0.232. The number of rotatable bonds is 6. The van der Waals surface area contributed by atoms with Gasteiger partial charge in [-0.05, 0) is 79.1 Å². The van der Waals surface area contributed by atoms with Gasteiger partial charge in [0.15, 0.2) is 12.4 Å². The number of ether oxygens (including phenoxy) is 2. The molecule has 6 nitrogen and oxygen atoms in total. The summed E-state index contributed by atoms with van der Waals surface area (Å²) in [6, 6.07) is 14.7. The molecule has 0 spiro atoms. The molecule has 1 aliphatic heterocycles. The van der Waals surface area contributed by atoms with Crippen molar-refractivity contribution in [3.8, 4) is 11.5 Å². The van der Waals surface area contributed by atoms with Crippen LogP contribution in [0.5, 0.6) is 11.5 Å². The molecule has 4 rings (SSSR count). The van der Waals surface area contributed by atoms with Gasteiger partial charge in [-0.3, -0.25) is 14.6 Å². The van der Waals surface area contributed by atoms with Crippen LogP contribution in [0.2, 0.25) is 0 Å². The predicted octanol–water partition coefficient (Wildman–Crippen LogP) is 4.50. The number of amides is 1. The molecule has 1 aromatic heterocycles. The van der Waals surface area contributed by atoms with Gasteiger partial charge in [-0.15, -0.1) is 0 Å². The first-order chi connectivity index (χ1) is 15.0. The van der Waals surface area contributed by atoms with Crippen molar-refractivity contribution in [3.05, 3.63) is 88.8 Å². The van der Waals surface area contributed by atoms with Gasteiger partial charge in [0.2, 0.25) is 0 Å². The number of benzene rings is 2. The summed E-state index contributed by atoms with van der Waals surface area (Å²) in [6.45, 7) is 4.34. The van der Waals surface area contributed by atoms with Crippen molar-refractivity contribution in [3.63, 3.8) is 0 Å². The Balaban J connectivity index is 1.47. The summed E-state index contributed by atoms with van der Waals surface area (Å²) < 4.78 is 11.3. The number of hydrogen-bond acceptors (Lipinski definition) is 5. The van der Waals surface area contributed by atoms with E-state index >= 15 is 0 Å². The summed E-state index contributed by atoms with van der Waals surface area (Å²) in [6.07, 6.45) is 5.04. The largest absolute Gasteiger partial charge is 0.487 e. The molecule has 0 fully saturated rings. The Morgan fingerprint density at radius 2 is 1.97 bits per heavy atom. The second-order valence-corrected chi connectivity index (χ2v) is 7.34. The van der Waals surface area contributed by atoms with E-state index in [-0.39, 0.29) is 18.3 Å². The van der Waals surface area contributed by atoms with E-state index in [4.69, 9.17) is 9.47 Å². The van der Waals surface area contributed by atoms with Crippen LogP contribution in [-0.4, -0.2) is 23.3 Å². The number of aromatic nitrogens is 1. The fourth-order valence-electron chi connectivity index (χ4n) is 3.44. The topological polar surface area (TPSA) is 77.5 Å². The van der Waals surface area contributed by atoms with Gasteiger partial charge in [-0.25, -0.2) is 0 Å². The fourth-order valence-corrected chi connectivity index (χ4v) is 3.44. The highest BCUT2D eigenvalue weighted by molar-refractivity contribution is 6.08. The summed E-state index contributed by atoms with van der Waals surface area (Å²) >= 11 is 0. The lowest BCUT2D eigenvalue weighted by Crippen LogP contribution is -2.25. The normalized spacial score (nSPS) is 12.8. The number of carbonyl (C=O) groups excluding carboxylic acids is 2. The predicted molar refractivity (Wildman–Crippen MR) is 118 cm³/mol. The molecule has 0 bridgehead atoms. The van der Waals surface area contributed by atoms with Gasteiger partial charge in [0.1, 0.15) is 18.1 Å². The van der Waals surface area contributed by atoms with Crippen LogP contribution < -0.4 is 14.8 Å². The Kier molecular flexibility index (Phi) is 5.80. The van der Waals surface area contributed by atoms with Crippen molar-refractivity contribution >= 4 is 23.5 Å². The summed E-state index contributed by atoms with van der Waals surface area (Å²) in [5.74, 6) is 0.990. The van der Waals surface area contributed by atoms with Crippen LogP contribution in [0.25, 0.3) is 6.08 Å². The van der Waals surface area contributed by atoms with Crippen molar-refractivity contribution in [2.24, 2.45) is 0 Å². The van der Waals surface area contributed by atoms with E-state index in [1.54, 1.807) is 30.5 Å². The molecule has 0 atom stereocenters. The zero-order chi connectivity index (χ0) is 21.8. The van der Waals surface area contributed by atoms with Gasteiger partial charge in [0.25, 0.3) is 5.91 Å². The molecule has 31 heavy (non-hydrogen) atoms. The van der Waals surface area contributed by atoms with Crippen LogP contribution in [0.4, 0.5) is 5.69 Å². The van der Waals surface area contributed by atoms with Crippen molar-refractivity contribution in [1.29, 1.82) is 0 Å². The molecule has 1 amide bonds. The zero-order valence-electron chi connectivity index (χ0n) is 17.3. The number of aryl methyl sites for hydroxylation is 2. The van der Waals surface area contributed by atoms with E-state index in [0.29, 0.717) is 23.6 Å². The van der Waals surface area contributed by atoms with Gasteiger partial charge in [-0.2, -0.15) is 0 Å². The maximum Gasteiger partial charge on any atom is 0.262 e. The van der Waals surface area contributed by atoms with E-state index in [1.165, 1.54) is 6.08 Å². The van der Waals surface area contributed by atoms with E-state index < -0.39 is 0 Å². The number of allylic oxidation sites excluding steroid dienone is 1. The lowest BCUT2D eigenvalue weighted by molar-refractivity contribution is -0.118. The van der Waals surface area contributed by atoms with Crippen LogP contribution in [0.3, 0.4) is 0 Å². The molecule has 0 radical (unpaired) electrons. The van der Waals surface area contributed by atoms with Crippen LogP contribution in [0.15, 0.2) is 60.8 Å². The third kappa shape index (κ3) is 4.80. The molecule has 2 aromatic carbocycles. The van der Waals surface area contributed by atoms with Crippen molar-refractivity contribution in [2.75, 3.05) is 11.9 Å². The Hall–Kier alpha value is -3.93. The molecule has 156 valence electrons. The Labute approximate surface area is 180 Å². The van der Waals surface area contributed by atoms with E-state index in [9.17, 15) is 9.59 Å². The zero-order valence-corrected chi connectivity index (χ0v) is 17.3. The third-order valence-electron chi connectivity index (χ3n) is 4.90. The first kappa shape index (κ1) is 20.3. The molecule has 0 unspecified atom stereocenters. The number of carbonyl (C=O) groups is 2. The molecule has 1 N–H and O–H groups in total. The summed E-state index contributed by atoms with van der Waals surface area (Å²) in [7, 11) is 0. The maximum atomic E-state index is 12.6. The average Bonchev–Trinajstić information content (AvgIpc) is 2.77. The molecular formula is C25H22N2O4. The Morgan fingerprint density at radius 1 is 1.16 bits per heavy atom. The maximum absolute atomic E-state index is 12.6. The van der Waals surface area contributed by atoms with Gasteiger partial charge >= 0.3 is 0 Å².